The van der Waals surface area contributed by atoms with Crippen LogP contribution in [0.15, 0.2) is 11.6 Å². The molecule has 0 spiro atoms. The molecule has 0 aliphatic heterocycles. The van der Waals surface area contributed by atoms with Gasteiger partial charge in [0, 0.05) is 5.57 Å². The Morgan fingerprint density at radius 1 is 1.44 bits per heavy atom. The minimum Gasteiger partial charge on any atom is -0.465 e. The third kappa shape index (κ3) is 14.9. The summed E-state index contributed by atoms with van der Waals surface area (Å²) < 4.78 is 4.96. The van der Waals surface area contributed by atoms with E-state index in [2.05, 4.69) is 5.73 Å². The van der Waals surface area contributed by atoms with E-state index >= 15 is 0 Å². The van der Waals surface area contributed by atoms with E-state index in [-0.39, 0.29) is 12.1 Å². The summed E-state index contributed by atoms with van der Waals surface area (Å²) in [5.41, 5.74) is 9.94. The highest BCUT2D eigenvalue weighted by Crippen LogP contribution is 2.00. The molecular formula is C10H20N2O4. The summed E-state index contributed by atoms with van der Waals surface area (Å²) in [6.45, 7) is 5.95. The molecule has 0 radical (unpaired) electrons. The van der Waals surface area contributed by atoms with Crippen LogP contribution in [0.1, 0.15) is 27.2 Å². The zero-order valence-electron chi connectivity index (χ0n) is 9.90. The van der Waals surface area contributed by atoms with Gasteiger partial charge in [0.05, 0.1) is 6.10 Å². The Morgan fingerprint density at radius 3 is 2.19 bits per heavy atom. The number of carbonyl (C=O) groups is 2. The number of hydrogen-bond acceptors (Lipinski definition) is 4. The molecule has 0 saturated heterocycles. The first kappa shape index (κ1) is 16.9. The largest absolute Gasteiger partial charge is 0.465 e. The molecule has 0 aromatic rings. The van der Waals surface area contributed by atoms with Crippen LogP contribution >= 0.6 is 0 Å². The quantitative estimate of drug-likeness (QED) is 0.491. The second-order valence-corrected chi connectivity index (χ2v) is 3.26. The topological polar surface area (TPSA) is 116 Å². The summed E-state index contributed by atoms with van der Waals surface area (Å²) in [4.78, 5) is 19.9. The molecule has 6 heteroatoms. The lowest BCUT2D eigenvalue weighted by Gasteiger charge is -2.07. The minimum absolute atomic E-state index is 0.0567. The first-order valence-corrected chi connectivity index (χ1v) is 4.87. The highest BCUT2D eigenvalue weighted by atomic mass is 16.5. The van der Waals surface area contributed by atoms with Gasteiger partial charge in [0.2, 0.25) is 0 Å². The van der Waals surface area contributed by atoms with Crippen LogP contribution in [0.2, 0.25) is 0 Å². The van der Waals surface area contributed by atoms with Crippen molar-refractivity contribution >= 4 is 12.1 Å². The smallest absolute Gasteiger partial charge is 0.402 e. The Labute approximate surface area is 95.3 Å². The lowest BCUT2D eigenvalue weighted by atomic mass is 10.2. The van der Waals surface area contributed by atoms with Crippen molar-refractivity contribution in [2.45, 2.75) is 33.3 Å². The van der Waals surface area contributed by atoms with Crippen molar-refractivity contribution in [3.05, 3.63) is 11.6 Å². The Kier molecular flexibility index (Phi) is 10.5. The number of primary amides is 1. The van der Waals surface area contributed by atoms with E-state index in [1.807, 2.05) is 13.8 Å². The third-order valence-electron chi connectivity index (χ3n) is 1.28. The summed E-state index contributed by atoms with van der Waals surface area (Å²) in [7, 11) is 0. The van der Waals surface area contributed by atoms with E-state index in [1.165, 1.54) is 0 Å². The molecule has 0 atom stereocenters. The number of carbonyl (C=O) groups excluding carboxylic acids is 1. The molecule has 0 fully saturated rings. The molecule has 0 aromatic heterocycles. The molecule has 16 heavy (non-hydrogen) atoms. The van der Waals surface area contributed by atoms with Crippen LogP contribution in [-0.2, 0) is 9.53 Å². The summed E-state index contributed by atoms with van der Waals surface area (Å²) in [6.07, 6.45) is 1.13. The Hall–Kier alpha value is -1.56. The van der Waals surface area contributed by atoms with Crippen molar-refractivity contribution in [2.75, 3.05) is 6.54 Å². The van der Waals surface area contributed by atoms with Crippen LogP contribution in [0.25, 0.3) is 0 Å². The van der Waals surface area contributed by atoms with Crippen LogP contribution in [0, 0.1) is 0 Å². The molecule has 94 valence electrons. The Bertz CT molecular complexity index is 245. The summed E-state index contributed by atoms with van der Waals surface area (Å²) in [5, 5.41) is 7.19. The van der Waals surface area contributed by atoms with Gasteiger partial charge in [0.25, 0.3) is 0 Å². The normalized spacial score (nSPS) is 10.4. The van der Waals surface area contributed by atoms with Gasteiger partial charge in [-0.1, -0.05) is 6.08 Å². The maximum absolute atomic E-state index is 11.1. The van der Waals surface area contributed by atoms with E-state index in [0.29, 0.717) is 12.1 Å². The monoisotopic (exact) mass is 232 g/mol. The molecule has 0 rings (SSSR count). The number of nitrogens with two attached hydrogens (primary N) is 2. The van der Waals surface area contributed by atoms with Crippen LogP contribution in [0.3, 0.4) is 0 Å². The maximum atomic E-state index is 11.1. The van der Waals surface area contributed by atoms with Gasteiger partial charge in [0.1, 0.15) is 0 Å². The predicted molar refractivity (Wildman–Crippen MR) is 60.9 cm³/mol. The van der Waals surface area contributed by atoms with Crippen molar-refractivity contribution in [3.63, 3.8) is 0 Å². The first-order chi connectivity index (χ1) is 7.31. The van der Waals surface area contributed by atoms with Crippen molar-refractivity contribution < 1.29 is 19.4 Å². The number of esters is 1. The molecule has 0 aliphatic rings. The molecule has 0 aromatic carbocycles. The second-order valence-electron chi connectivity index (χ2n) is 3.26. The summed E-state index contributed by atoms with van der Waals surface area (Å²) in [5.74, 6) is -0.251. The zero-order valence-corrected chi connectivity index (χ0v) is 9.90. The Balaban J connectivity index is 0. The molecule has 0 heterocycles. The average Bonchev–Trinajstić information content (AvgIpc) is 2.12. The standard InChI is InChI=1S/C9H17NO2.CH3NO2/c1-7(2)12-9(11)8(3)5-4-6-10;2-1(3)4/h5,7H,4,6,10H2,1-3H3;2H2,(H,3,4). The highest BCUT2D eigenvalue weighted by Gasteiger charge is 2.06. The number of amides is 1. The number of carboxylic acid groups (broad SMARTS) is 1. The van der Waals surface area contributed by atoms with Crippen molar-refractivity contribution in [3.8, 4) is 0 Å². The van der Waals surface area contributed by atoms with E-state index in [1.54, 1.807) is 13.0 Å². The van der Waals surface area contributed by atoms with Gasteiger partial charge in [-0.25, -0.2) is 9.59 Å². The number of hydrogen-bond donors (Lipinski definition) is 3. The van der Waals surface area contributed by atoms with Crippen LogP contribution in [-0.4, -0.2) is 29.8 Å². The fourth-order valence-electron chi connectivity index (χ4n) is 0.690. The Morgan fingerprint density at radius 2 is 1.88 bits per heavy atom. The van der Waals surface area contributed by atoms with E-state index in [9.17, 15) is 4.79 Å². The third-order valence-corrected chi connectivity index (χ3v) is 1.28. The van der Waals surface area contributed by atoms with Crippen LogP contribution in [0.5, 0.6) is 0 Å². The van der Waals surface area contributed by atoms with Crippen LogP contribution < -0.4 is 11.5 Å². The second kappa shape index (κ2) is 9.97. The fourth-order valence-corrected chi connectivity index (χ4v) is 0.690. The minimum atomic E-state index is -1.33. The molecule has 0 aliphatic carbocycles. The molecule has 1 amide bonds. The van der Waals surface area contributed by atoms with E-state index in [0.717, 1.165) is 6.42 Å². The van der Waals surface area contributed by atoms with Crippen molar-refractivity contribution in [1.29, 1.82) is 0 Å². The first-order valence-electron chi connectivity index (χ1n) is 4.87. The van der Waals surface area contributed by atoms with E-state index < -0.39 is 6.09 Å². The maximum Gasteiger partial charge on any atom is 0.402 e. The molecular weight excluding hydrogens is 212 g/mol. The van der Waals surface area contributed by atoms with Gasteiger partial charge < -0.3 is 21.3 Å². The lowest BCUT2D eigenvalue weighted by Crippen LogP contribution is -2.12. The predicted octanol–water partition coefficient (Wildman–Crippen LogP) is 0.856. The summed E-state index contributed by atoms with van der Waals surface area (Å²) in [6, 6.07) is 0. The molecule has 0 saturated carbocycles. The van der Waals surface area contributed by atoms with Gasteiger partial charge in [-0.05, 0) is 33.7 Å². The van der Waals surface area contributed by atoms with E-state index in [4.69, 9.17) is 20.4 Å². The number of ether oxygens (including phenoxy) is 1. The molecule has 0 bridgehead atoms. The van der Waals surface area contributed by atoms with Gasteiger partial charge in [-0.2, -0.15) is 0 Å². The highest BCUT2D eigenvalue weighted by molar-refractivity contribution is 5.87. The number of rotatable bonds is 4. The summed E-state index contributed by atoms with van der Waals surface area (Å²) >= 11 is 0. The fraction of sp³-hybridized carbons (Fsp3) is 0.600. The molecule has 6 nitrogen and oxygen atoms in total. The van der Waals surface area contributed by atoms with Gasteiger partial charge in [-0.15, -0.1) is 0 Å². The molecule has 0 unspecified atom stereocenters. The van der Waals surface area contributed by atoms with Crippen LogP contribution in [0.4, 0.5) is 4.79 Å². The van der Waals surface area contributed by atoms with Gasteiger partial charge >= 0.3 is 12.1 Å². The molecule has 5 N–H and O–H groups in total. The SMILES string of the molecule is CC(=CCCN)C(=O)OC(C)C.NC(=O)O. The zero-order chi connectivity index (χ0) is 13.1. The van der Waals surface area contributed by atoms with Gasteiger partial charge in [0.15, 0.2) is 0 Å². The van der Waals surface area contributed by atoms with Crippen molar-refractivity contribution in [1.82, 2.24) is 0 Å². The van der Waals surface area contributed by atoms with Gasteiger partial charge in [-0.3, -0.25) is 0 Å². The lowest BCUT2D eigenvalue weighted by molar-refractivity contribution is -0.142. The average molecular weight is 232 g/mol. The van der Waals surface area contributed by atoms with Crippen molar-refractivity contribution in [2.24, 2.45) is 11.5 Å².